The van der Waals surface area contributed by atoms with Gasteiger partial charge in [-0.25, -0.2) is 0 Å². The van der Waals surface area contributed by atoms with Crippen molar-refractivity contribution in [3.8, 4) is 0 Å². The van der Waals surface area contributed by atoms with E-state index < -0.39 is 0 Å². The number of nitrogens with zero attached hydrogens (tertiary/aromatic N) is 3. The molecule has 0 fully saturated rings. The van der Waals surface area contributed by atoms with Gasteiger partial charge in [0.25, 0.3) is 0 Å². The van der Waals surface area contributed by atoms with Gasteiger partial charge in [0, 0.05) is 76.4 Å². The second-order valence-corrected chi connectivity index (χ2v) is 25.3. The molecule has 396 valence electrons. The first-order chi connectivity index (χ1) is 39.1. The topological polar surface area (TPSA) is 37.2 Å². The maximum atomic E-state index is 7.29. The van der Waals surface area contributed by atoms with Crippen molar-refractivity contribution in [2.24, 2.45) is 0 Å². The van der Waals surface area contributed by atoms with Gasteiger partial charge in [0.05, 0.1) is 39.3 Å². The lowest BCUT2D eigenvalue weighted by Gasteiger charge is -2.29. The fraction of sp³-hybridized carbons (Fsp3) is 0.184. The van der Waals surface area contributed by atoms with Gasteiger partial charge >= 0.3 is 0 Å². The summed E-state index contributed by atoms with van der Waals surface area (Å²) < 4.78 is 17.2. The molecule has 0 aliphatic heterocycles. The fourth-order valence-corrected chi connectivity index (χ4v) is 13.5. The van der Waals surface area contributed by atoms with Crippen molar-refractivity contribution in [1.82, 2.24) is 4.40 Å². The third-order valence-electron chi connectivity index (χ3n) is 17.5. The summed E-state index contributed by atoms with van der Waals surface area (Å²) in [4.78, 5) is 5.01. The molecule has 5 nitrogen and oxygen atoms in total. The Kier molecular flexibility index (Phi) is 10.7. The smallest absolute Gasteiger partial charge is 0.159 e. The number of aromatic nitrogens is 1. The Morgan fingerprint density at radius 1 is 0.358 bits per heavy atom. The standard InChI is InChI=1S/C76H65N3O2/c1-44(2)46-34-38-50(39-35-46)77(62-32-18-26-56-54-24-16-30-60(75(5,6)7)71(54)80-73(56)62)69-52-22-13-11-20-48(52)42-64-66(69)58-28-15-29-59-67-65(79(64)68(58)59)43-49-21-12-14-23-53(49)70(67)78(51-40-36-47(37-41-51)45(3)4)63-33-19-27-57-55-25-17-31-61(76(8,9)10)72(55)81-74(57)63/h11-45H,1-10H3. The number of rotatable bonds is 8. The van der Waals surface area contributed by atoms with Gasteiger partial charge in [0.2, 0.25) is 0 Å². The molecule has 4 heterocycles. The third kappa shape index (κ3) is 7.30. The molecule has 0 saturated heterocycles. The fourth-order valence-electron chi connectivity index (χ4n) is 13.5. The van der Waals surface area contributed by atoms with Crippen LogP contribution in [0.5, 0.6) is 0 Å². The van der Waals surface area contributed by atoms with Crippen molar-refractivity contribution in [3.05, 3.63) is 222 Å². The van der Waals surface area contributed by atoms with Gasteiger partial charge in [-0.15, -0.1) is 0 Å². The van der Waals surface area contributed by atoms with Crippen molar-refractivity contribution in [1.29, 1.82) is 0 Å². The van der Waals surface area contributed by atoms with Crippen LogP contribution in [0.25, 0.3) is 104 Å². The van der Waals surface area contributed by atoms with Gasteiger partial charge in [0.15, 0.2) is 11.2 Å². The van der Waals surface area contributed by atoms with Crippen molar-refractivity contribution in [2.75, 3.05) is 9.80 Å². The highest BCUT2D eigenvalue weighted by molar-refractivity contribution is 6.34. The molecule has 0 saturated carbocycles. The summed E-state index contributed by atoms with van der Waals surface area (Å²) in [6.07, 6.45) is 0. The Morgan fingerprint density at radius 2 is 0.704 bits per heavy atom. The highest BCUT2D eigenvalue weighted by atomic mass is 16.3. The number of furan rings is 2. The van der Waals surface area contributed by atoms with Gasteiger partial charge in [-0.3, -0.25) is 0 Å². The SMILES string of the molecule is CC(C)c1ccc(N(c2cccc3c2oc2c(C(C)(C)C)cccc23)c2c3ccccc3cc3c2c2cccc4c5c(N(c6ccc(C(C)C)cc6)c6cccc7c6oc6c(C(C)(C)C)cccc67)c6ccccc6cc5n3c24)cc1. The molecule has 81 heavy (non-hydrogen) atoms. The minimum atomic E-state index is -0.122. The van der Waals surface area contributed by atoms with E-state index >= 15 is 0 Å². The van der Waals surface area contributed by atoms with E-state index in [1.165, 1.54) is 49.3 Å². The van der Waals surface area contributed by atoms with Gasteiger partial charge < -0.3 is 23.0 Å². The molecular formula is C76H65N3O2. The molecule has 0 N–H and O–H groups in total. The zero-order chi connectivity index (χ0) is 55.4. The Balaban J connectivity index is 1.08. The molecule has 0 atom stereocenters. The van der Waals surface area contributed by atoms with Gasteiger partial charge in [-0.1, -0.05) is 221 Å². The summed E-state index contributed by atoms with van der Waals surface area (Å²) >= 11 is 0. The molecule has 4 aromatic heterocycles. The minimum Gasteiger partial charge on any atom is -0.454 e. The van der Waals surface area contributed by atoms with Crippen molar-refractivity contribution >= 4 is 138 Å². The number of benzene rings is 11. The van der Waals surface area contributed by atoms with E-state index in [1.54, 1.807) is 0 Å². The summed E-state index contributed by atoms with van der Waals surface area (Å²) in [5, 5.41) is 13.8. The van der Waals surface area contributed by atoms with E-state index in [0.29, 0.717) is 11.8 Å². The Hall–Kier alpha value is -9.06. The van der Waals surface area contributed by atoms with Crippen molar-refractivity contribution in [3.63, 3.8) is 0 Å². The lowest BCUT2D eigenvalue weighted by Crippen LogP contribution is -2.12. The van der Waals surface area contributed by atoms with Crippen LogP contribution in [0.2, 0.25) is 0 Å². The third-order valence-corrected chi connectivity index (χ3v) is 17.5. The Bertz CT molecular complexity index is 4700. The van der Waals surface area contributed by atoms with E-state index in [1.807, 2.05) is 0 Å². The van der Waals surface area contributed by atoms with Gasteiger partial charge in [-0.05, 0) is 93.1 Å². The summed E-state index contributed by atoms with van der Waals surface area (Å²) in [5.41, 5.74) is 18.2. The number of hydrogen-bond donors (Lipinski definition) is 0. The average Bonchev–Trinajstić information content (AvgIpc) is 4.39. The number of anilines is 6. The van der Waals surface area contributed by atoms with Crippen LogP contribution >= 0.6 is 0 Å². The highest BCUT2D eigenvalue weighted by Crippen LogP contribution is 2.55. The van der Waals surface area contributed by atoms with E-state index in [0.717, 1.165) is 111 Å². The maximum Gasteiger partial charge on any atom is 0.159 e. The number of para-hydroxylation sites is 5. The summed E-state index contributed by atoms with van der Waals surface area (Å²) in [5.74, 6) is 0.759. The lowest BCUT2D eigenvalue weighted by atomic mass is 9.86. The zero-order valence-corrected chi connectivity index (χ0v) is 47.9. The molecule has 0 unspecified atom stereocenters. The first-order valence-electron chi connectivity index (χ1n) is 28.9. The number of hydrogen-bond acceptors (Lipinski definition) is 4. The molecule has 0 amide bonds. The molecule has 0 aliphatic rings. The monoisotopic (exact) mass is 1050 g/mol. The molecule has 0 radical (unpaired) electrons. The molecular weight excluding hydrogens is 987 g/mol. The Morgan fingerprint density at radius 3 is 1.10 bits per heavy atom. The van der Waals surface area contributed by atoms with Crippen molar-refractivity contribution < 1.29 is 8.83 Å². The van der Waals surface area contributed by atoms with E-state index in [4.69, 9.17) is 8.83 Å². The summed E-state index contributed by atoms with van der Waals surface area (Å²) in [7, 11) is 0. The van der Waals surface area contributed by atoms with Crippen LogP contribution in [0.4, 0.5) is 34.1 Å². The highest BCUT2D eigenvalue weighted by Gasteiger charge is 2.32. The second-order valence-electron chi connectivity index (χ2n) is 25.3. The number of fused-ring (bicyclic) bond motifs is 14. The van der Waals surface area contributed by atoms with Crippen LogP contribution in [0, 0.1) is 0 Å². The summed E-state index contributed by atoms with van der Waals surface area (Å²) in [6.45, 7) is 22.7. The maximum absolute atomic E-state index is 7.29. The van der Waals surface area contributed by atoms with E-state index in [9.17, 15) is 0 Å². The van der Waals surface area contributed by atoms with Crippen LogP contribution < -0.4 is 9.80 Å². The first-order valence-corrected chi connectivity index (χ1v) is 28.9. The Labute approximate surface area is 472 Å². The molecule has 11 aromatic carbocycles. The molecule has 15 rings (SSSR count). The van der Waals surface area contributed by atoms with Crippen LogP contribution in [0.1, 0.15) is 103 Å². The normalized spacial score (nSPS) is 12.8. The zero-order valence-electron chi connectivity index (χ0n) is 47.9. The predicted molar refractivity (Wildman–Crippen MR) is 346 cm³/mol. The first kappa shape index (κ1) is 49.0. The average molecular weight is 1050 g/mol. The second kappa shape index (κ2) is 17.7. The largest absolute Gasteiger partial charge is 0.454 e. The van der Waals surface area contributed by atoms with Gasteiger partial charge in [-0.2, -0.15) is 0 Å². The molecule has 5 heteroatoms. The van der Waals surface area contributed by atoms with Crippen LogP contribution in [0.3, 0.4) is 0 Å². The van der Waals surface area contributed by atoms with Crippen molar-refractivity contribution in [2.45, 2.75) is 91.9 Å². The van der Waals surface area contributed by atoms with Gasteiger partial charge in [0.1, 0.15) is 11.2 Å². The molecule has 15 aromatic rings. The molecule has 0 spiro atoms. The van der Waals surface area contributed by atoms with Crippen LogP contribution in [0.15, 0.2) is 209 Å². The molecule has 0 bridgehead atoms. The quantitative estimate of drug-likeness (QED) is 0.152. The summed E-state index contributed by atoms with van der Waals surface area (Å²) in [6, 6.07) is 74.8. The lowest BCUT2D eigenvalue weighted by molar-refractivity contribution is 0.572. The van der Waals surface area contributed by atoms with Crippen LogP contribution in [-0.4, -0.2) is 4.40 Å². The molecule has 0 aliphatic carbocycles. The predicted octanol–water partition coefficient (Wildman–Crippen LogP) is 22.7. The minimum absolute atomic E-state index is 0.122. The van der Waals surface area contributed by atoms with E-state index in [-0.39, 0.29) is 10.8 Å². The van der Waals surface area contributed by atoms with Crippen LogP contribution in [-0.2, 0) is 10.8 Å². The van der Waals surface area contributed by atoms with E-state index in [2.05, 4.69) is 284 Å².